The van der Waals surface area contributed by atoms with Crippen LogP contribution in [0.15, 0.2) is 33.9 Å². The fourth-order valence-corrected chi connectivity index (χ4v) is 3.75. The second kappa shape index (κ2) is 6.56. The number of benzene rings is 1. The van der Waals surface area contributed by atoms with Gasteiger partial charge in [0.05, 0.1) is 5.56 Å². The topological polar surface area (TPSA) is 76.1 Å². The van der Waals surface area contributed by atoms with Crippen molar-refractivity contribution >= 4 is 5.82 Å². The summed E-state index contributed by atoms with van der Waals surface area (Å²) >= 11 is 0. The number of rotatable bonds is 2. The Morgan fingerprint density at radius 1 is 1.19 bits per heavy atom. The summed E-state index contributed by atoms with van der Waals surface area (Å²) in [6, 6.07) is 2.96. The van der Waals surface area contributed by atoms with E-state index >= 15 is 0 Å². The Morgan fingerprint density at radius 3 is 2.63 bits per heavy atom. The van der Waals surface area contributed by atoms with E-state index in [0.29, 0.717) is 26.1 Å². The highest BCUT2D eigenvalue weighted by Crippen LogP contribution is 2.41. The molecule has 0 radical (unpaired) electrons. The van der Waals surface area contributed by atoms with Crippen molar-refractivity contribution in [2.75, 3.05) is 18.5 Å². The molecule has 1 saturated heterocycles. The highest BCUT2D eigenvalue weighted by Gasteiger charge is 2.46. The summed E-state index contributed by atoms with van der Waals surface area (Å²) in [5, 5.41) is 2.53. The Balaban J connectivity index is 1.77. The summed E-state index contributed by atoms with van der Waals surface area (Å²) in [6.07, 6.45) is 0.102. The van der Waals surface area contributed by atoms with Crippen molar-refractivity contribution in [3.8, 4) is 0 Å². The van der Waals surface area contributed by atoms with Gasteiger partial charge in [-0.15, -0.1) is 0 Å². The Hall–Kier alpha value is -2.55. The van der Waals surface area contributed by atoms with Crippen LogP contribution in [-0.4, -0.2) is 28.7 Å². The minimum atomic E-state index is -3.33. The zero-order valence-electron chi connectivity index (χ0n) is 14.3. The molecule has 9 heteroatoms. The molecule has 1 atom stereocenters. The zero-order chi connectivity index (χ0) is 19.2. The molecule has 0 bridgehead atoms. The fraction of sp³-hybridized carbons (Fsp3) is 0.444. The van der Waals surface area contributed by atoms with Crippen molar-refractivity contribution in [3.63, 3.8) is 0 Å². The van der Waals surface area contributed by atoms with Gasteiger partial charge in [-0.2, -0.15) is 0 Å². The lowest BCUT2D eigenvalue weighted by molar-refractivity contribution is -0.0236. The highest BCUT2D eigenvalue weighted by molar-refractivity contribution is 5.50. The predicted molar refractivity (Wildman–Crippen MR) is 91.8 cm³/mol. The van der Waals surface area contributed by atoms with Crippen molar-refractivity contribution in [1.82, 2.24) is 9.55 Å². The monoisotopic (exact) mass is 381 g/mol. The molecule has 0 saturated carbocycles. The quantitative estimate of drug-likeness (QED) is 0.838. The van der Waals surface area contributed by atoms with Gasteiger partial charge in [-0.05, 0) is 30.5 Å². The van der Waals surface area contributed by atoms with E-state index < -0.39 is 35.5 Å². The smallest absolute Gasteiger partial charge is 0.330 e. The molecule has 1 fully saturated rings. The molecule has 0 amide bonds. The molecule has 2 N–H and O–H groups in total. The summed E-state index contributed by atoms with van der Waals surface area (Å²) < 4.78 is 49.3. The lowest BCUT2D eigenvalue weighted by Gasteiger charge is -2.34. The Kier molecular flexibility index (Phi) is 4.33. The van der Waals surface area contributed by atoms with E-state index in [0.717, 1.165) is 16.7 Å². The first-order chi connectivity index (χ1) is 12.9. The lowest BCUT2D eigenvalue weighted by atomic mass is 9.92. The first kappa shape index (κ1) is 17.8. The maximum Gasteiger partial charge on any atom is 0.330 e. The molecule has 2 aliphatic heterocycles. The van der Waals surface area contributed by atoms with E-state index in [9.17, 15) is 22.8 Å². The molecular weight excluding hydrogens is 363 g/mol. The van der Waals surface area contributed by atoms with Crippen LogP contribution in [0.4, 0.5) is 19.0 Å². The first-order valence-electron chi connectivity index (χ1n) is 8.72. The molecule has 144 valence electrons. The first-order valence-corrected chi connectivity index (χ1v) is 8.72. The van der Waals surface area contributed by atoms with E-state index in [1.807, 2.05) is 0 Å². The molecule has 0 aliphatic carbocycles. The Bertz CT molecular complexity index is 980. The van der Waals surface area contributed by atoms with Crippen LogP contribution in [0, 0.1) is 5.82 Å². The van der Waals surface area contributed by atoms with Gasteiger partial charge >= 0.3 is 5.69 Å². The van der Waals surface area contributed by atoms with Gasteiger partial charge in [-0.1, -0.05) is 12.1 Å². The van der Waals surface area contributed by atoms with Crippen LogP contribution >= 0.6 is 0 Å². The number of H-pyrrole nitrogens is 1. The average Bonchev–Trinajstić information content (AvgIpc) is 2.63. The fourth-order valence-electron chi connectivity index (χ4n) is 3.75. The predicted octanol–water partition coefficient (Wildman–Crippen LogP) is 2.37. The number of hydrogen-bond acceptors (Lipinski definition) is 4. The zero-order valence-corrected chi connectivity index (χ0v) is 14.3. The molecule has 27 heavy (non-hydrogen) atoms. The summed E-state index contributed by atoms with van der Waals surface area (Å²) in [7, 11) is 0. The molecule has 0 spiro atoms. The number of fused-ring (bicyclic) bond motifs is 1. The van der Waals surface area contributed by atoms with Gasteiger partial charge in [0.1, 0.15) is 17.7 Å². The van der Waals surface area contributed by atoms with E-state index in [1.54, 1.807) is 0 Å². The van der Waals surface area contributed by atoms with Crippen LogP contribution in [0.2, 0.25) is 0 Å². The number of halogens is 3. The van der Waals surface area contributed by atoms with Gasteiger partial charge in [0.25, 0.3) is 11.5 Å². The maximum atomic E-state index is 14.8. The third-order valence-corrected chi connectivity index (χ3v) is 5.09. The molecule has 2 aromatic rings. The minimum Gasteiger partial charge on any atom is -0.381 e. The van der Waals surface area contributed by atoms with Gasteiger partial charge < -0.3 is 10.1 Å². The van der Waals surface area contributed by atoms with Gasteiger partial charge in [-0.3, -0.25) is 14.3 Å². The van der Waals surface area contributed by atoms with E-state index in [2.05, 4.69) is 10.3 Å². The van der Waals surface area contributed by atoms with Crippen molar-refractivity contribution in [2.24, 2.45) is 0 Å². The third-order valence-electron chi connectivity index (χ3n) is 5.09. The van der Waals surface area contributed by atoms with Crippen molar-refractivity contribution in [2.45, 2.75) is 37.3 Å². The second-order valence-corrected chi connectivity index (χ2v) is 6.87. The molecule has 6 nitrogen and oxygen atoms in total. The number of aromatic amines is 1. The lowest BCUT2D eigenvalue weighted by Crippen LogP contribution is -2.48. The normalized spacial score (nSPS) is 22.1. The third kappa shape index (κ3) is 3.16. The molecule has 1 aromatic heterocycles. The van der Waals surface area contributed by atoms with Gasteiger partial charge in [0.15, 0.2) is 0 Å². The van der Waals surface area contributed by atoms with Crippen LogP contribution in [0.25, 0.3) is 0 Å². The summed E-state index contributed by atoms with van der Waals surface area (Å²) in [6.45, 7) is 0.813. The summed E-state index contributed by atoms with van der Waals surface area (Å²) in [5.74, 6) is -4.00. The molecule has 3 heterocycles. The Labute approximate surface area is 152 Å². The van der Waals surface area contributed by atoms with Crippen LogP contribution in [0.1, 0.15) is 36.1 Å². The molecular formula is C18H18F3N3O3. The van der Waals surface area contributed by atoms with E-state index in [-0.39, 0.29) is 23.0 Å². The molecule has 2 aliphatic rings. The number of alkyl halides is 2. The highest BCUT2D eigenvalue weighted by atomic mass is 19.3. The average molecular weight is 381 g/mol. The number of hydrogen-bond donors (Lipinski definition) is 2. The largest absolute Gasteiger partial charge is 0.381 e. The van der Waals surface area contributed by atoms with Crippen molar-refractivity contribution in [3.05, 3.63) is 62.0 Å². The van der Waals surface area contributed by atoms with Crippen molar-refractivity contribution in [1.29, 1.82) is 0 Å². The van der Waals surface area contributed by atoms with Crippen LogP contribution in [-0.2, 0) is 11.2 Å². The second-order valence-electron chi connectivity index (χ2n) is 6.87. The Morgan fingerprint density at radius 2 is 1.93 bits per heavy atom. The van der Waals surface area contributed by atoms with Gasteiger partial charge in [0, 0.05) is 25.7 Å². The number of nitrogens with one attached hydrogen (secondary N) is 2. The molecule has 1 unspecified atom stereocenters. The molecule has 4 rings (SSSR count). The van der Waals surface area contributed by atoms with Crippen LogP contribution < -0.4 is 16.6 Å². The SMILES string of the molecule is O=c1[nH]c2c(c(=O)n1C1CCOCC1)CC(F)(F)C(c1cccc(F)c1)N2. The number of aromatic nitrogens is 2. The van der Waals surface area contributed by atoms with Crippen LogP contribution in [0.5, 0.6) is 0 Å². The number of anilines is 1. The number of nitrogens with zero attached hydrogens (tertiary/aromatic N) is 1. The van der Waals surface area contributed by atoms with Crippen molar-refractivity contribution < 1.29 is 17.9 Å². The summed E-state index contributed by atoms with van der Waals surface area (Å²) in [4.78, 5) is 27.8. The summed E-state index contributed by atoms with van der Waals surface area (Å²) in [5.41, 5.74) is -1.49. The van der Waals surface area contributed by atoms with E-state index in [1.165, 1.54) is 12.1 Å². The van der Waals surface area contributed by atoms with Gasteiger partial charge in [0.2, 0.25) is 0 Å². The maximum absolute atomic E-state index is 14.8. The standard InChI is InChI=1S/C18H18F3N3O3/c19-11-3-1-2-10(8-11)14-18(20,21)9-13-15(22-14)23-17(26)24(16(13)25)12-4-6-27-7-5-12/h1-3,8,12,14,22H,4-7,9H2,(H,23,26). The number of ether oxygens (including phenoxy) is 1. The van der Waals surface area contributed by atoms with Gasteiger partial charge in [-0.25, -0.2) is 18.0 Å². The molecule has 1 aromatic carbocycles. The minimum absolute atomic E-state index is 0.0338. The van der Waals surface area contributed by atoms with E-state index in [4.69, 9.17) is 4.74 Å². The van der Waals surface area contributed by atoms with Crippen LogP contribution in [0.3, 0.4) is 0 Å².